The fourth-order valence-corrected chi connectivity index (χ4v) is 1.61. The van der Waals surface area contributed by atoms with Gasteiger partial charge in [0.1, 0.15) is 5.75 Å². The number of benzene rings is 1. The third kappa shape index (κ3) is 2.79. The molecular weight excluding hydrogens is 250 g/mol. The summed E-state index contributed by atoms with van der Waals surface area (Å²) in [6.45, 7) is 1.62. The zero-order valence-corrected chi connectivity index (χ0v) is 10.0. The Balaban J connectivity index is 2.27. The molecule has 6 nitrogen and oxygen atoms in total. The molecule has 0 radical (unpaired) electrons. The maximum Gasteiger partial charge on any atom is 0.328 e. The third-order valence-corrected chi connectivity index (χ3v) is 2.57. The SMILES string of the molecule is CC1Oc2ccc(C(=O)C=CC(=O)O)cc2NC1=O. The topological polar surface area (TPSA) is 92.7 Å². The molecule has 0 saturated carbocycles. The molecule has 0 spiro atoms. The van der Waals surface area contributed by atoms with E-state index in [0.717, 1.165) is 12.2 Å². The first-order valence-corrected chi connectivity index (χ1v) is 5.54. The average molecular weight is 261 g/mol. The standard InChI is InChI=1S/C13H11NO5/c1-7-13(18)14-9-6-8(2-4-11(9)19-7)10(15)3-5-12(16)17/h2-7H,1H3,(H,14,18)(H,16,17). The van der Waals surface area contributed by atoms with Gasteiger partial charge in [0.25, 0.3) is 5.91 Å². The Hall–Kier alpha value is -2.63. The zero-order valence-electron chi connectivity index (χ0n) is 10.0. The van der Waals surface area contributed by atoms with E-state index in [0.29, 0.717) is 11.4 Å². The first kappa shape index (κ1) is 12.8. The van der Waals surface area contributed by atoms with Gasteiger partial charge in [-0.15, -0.1) is 0 Å². The Morgan fingerprint density at radius 2 is 2.11 bits per heavy atom. The highest BCUT2D eigenvalue weighted by Crippen LogP contribution is 2.30. The molecule has 0 aromatic heterocycles. The number of fused-ring (bicyclic) bond motifs is 1. The number of carbonyl (C=O) groups is 3. The molecule has 1 aliphatic rings. The van der Waals surface area contributed by atoms with Crippen molar-refractivity contribution in [2.45, 2.75) is 13.0 Å². The van der Waals surface area contributed by atoms with E-state index in [1.807, 2.05) is 0 Å². The van der Waals surface area contributed by atoms with E-state index >= 15 is 0 Å². The lowest BCUT2D eigenvalue weighted by atomic mass is 10.1. The average Bonchev–Trinajstić information content (AvgIpc) is 2.36. The second-order valence-electron chi connectivity index (χ2n) is 4.00. The number of carboxylic acid groups (broad SMARTS) is 1. The number of hydrogen-bond donors (Lipinski definition) is 2. The van der Waals surface area contributed by atoms with Gasteiger partial charge in [-0.1, -0.05) is 0 Å². The number of anilines is 1. The number of ether oxygens (including phenoxy) is 1. The molecule has 19 heavy (non-hydrogen) atoms. The van der Waals surface area contributed by atoms with E-state index in [-0.39, 0.29) is 11.5 Å². The largest absolute Gasteiger partial charge is 0.479 e. The monoisotopic (exact) mass is 261 g/mol. The summed E-state index contributed by atoms with van der Waals surface area (Å²) in [6, 6.07) is 4.53. The van der Waals surface area contributed by atoms with Gasteiger partial charge in [0.15, 0.2) is 11.9 Å². The van der Waals surface area contributed by atoms with Crippen LogP contribution >= 0.6 is 0 Å². The lowest BCUT2D eigenvalue weighted by Gasteiger charge is -2.23. The maximum atomic E-state index is 11.7. The molecular formula is C13H11NO5. The van der Waals surface area contributed by atoms with Crippen LogP contribution in [0.25, 0.3) is 0 Å². The van der Waals surface area contributed by atoms with Gasteiger partial charge in [-0.2, -0.15) is 0 Å². The van der Waals surface area contributed by atoms with E-state index in [2.05, 4.69) is 5.32 Å². The summed E-state index contributed by atoms with van der Waals surface area (Å²) >= 11 is 0. The number of nitrogens with one attached hydrogen (secondary N) is 1. The minimum atomic E-state index is -1.20. The van der Waals surface area contributed by atoms with Crippen molar-refractivity contribution < 1.29 is 24.2 Å². The Labute approximate surface area is 108 Å². The minimum absolute atomic E-state index is 0.273. The number of amides is 1. The van der Waals surface area contributed by atoms with Gasteiger partial charge < -0.3 is 15.2 Å². The maximum absolute atomic E-state index is 11.7. The zero-order chi connectivity index (χ0) is 14.0. The van der Waals surface area contributed by atoms with Gasteiger partial charge in [0.2, 0.25) is 0 Å². The number of hydrogen-bond acceptors (Lipinski definition) is 4. The normalized spacial score (nSPS) is 17.5. The van der Waals surface area contributed by atoms with Crippen LogP contribution in [-0.4, -0.2) is 28.9 Å². The van der Waals surface area contributed by atoms with Crippen molar-refractivity contribution in [2.75, 3.05) is 5.32 Å². The van der Waals surface area contributed by atoms with Crippen LogP contribution in [0.15, 0.2) is 30.4 Å². The van der Waals surface area contributed by atoms with Gasteiger partial charge in [-0.05, 0) is 31.2 Å². The fraction of sp³-hybridized carbons (Fsp3) is 0.154. The molecule has 2 N–H and O–H groups in total. The van der Waals surface area contributed by atoms with Crippen LogP contribution in [0.3, 0.4) is 0 Å². The highest BCUT2D eigenvalue weighted by molar-refractivity contribution is 6.08. The number of carboxylic acids is 1. The van der Waals surface area contributed by atoms with Crippen molar-refractivity contribution in [3.8, 4) is 5.75 Å². The number of carbonyl (C=O) groups excluding carboxylic acids is 2. The molecule has 98 valence electrons. The molecule has 2 rings (SSSR count). The Bertz CT molecular complexity index is 591. The predicted octanol–water partition coefficient (Wildman–Crippen LogP) is 1.23. The molecule has 0 fully saturated rings. The Morgan fingerprint density at radius 3 is 2.79 bits per heavy atom. The van der Waals surface area contributed by atoms with Crippen LogP contribution in [0.4, 0.5) is 5.69 Å². The second-order valence-corrected chi connectivity index (χ2v) is 4.00. The summed E-state index contributed by atoms with van der Waals surface area (Å²) < 4.78 is 5.34. The quantitative estimate of drug-likeness (QED) is 0.630. The Kier molecular flexibility index (Phi) is 3.33. The second kappa shape index (κ2) is 4.93. The highest BCUT2D eigenvalue weighted by atomic mass is 16.5. The molecule has 1 atom stereocenters. The van der Waals surface area contributed by atoms with Crippen LogP contribution in [0.1, 0.15) is 17.3 Å². The predicted molar refractivity (Wildman–Crippen MR) is 66.3 cm³/mol. The minimum Gasteiger partial charge on any atom is -0.479 e. The smallest absolute Gasteiger partial charge is 0.328 e. The molecule has 6 heteroatoms. The molecule has 1 aromatic carbocycles. The van der Waals surface area contributed by atoms with Crippen LogP contribution in [0, 0.1) is 0 Å². The molecule has 0 bridgehead atoms. The Morgan fingerprint density at radius 1 is 1.37 bits per heavy atom. The van der Waals surface area contributed by atoms with E-state index in [4.69, 9.17) is 9.84 Å². The van der Waals surface area contributed by atoms with Gasteiger partial charge >= 0.3 is 5.97 Å². The van der Waals surface area contributed by atoms with E-state index < -0.39 is 17.9 Å². The summed E-state index contributed by atoms with van der Waals surface area (Å²) in [5, 5.41) is 11.1. The van der Waals surface area contributed by atoms with Crippen molar-refractivity contribution in [3.63, 3.8) is 0 Å². The lowest BCUT2D eigenvalue weighted by molar-refractivity contribution is -0.131. The van der Waals surface area contributed by atoms with E-state index in [9.17, 15) is 14.4 Å². The van der Waals surface area contributed by atoms with Crippen molar-refractivity contribution in [1.82, 2.24) is 0 Å². The van der Waals surface area contributed by atoms with Crippen molar-refractivity contribution >= 4 is 23.3 Å². The van der Waals surface area contributed by atoms with Crippen molar-refractivity contribution in [2.24, 2.45) is 0 Å². The van der Waals surface area contributed by atoms with Gasteiger partial charge in [0.05, 0.1) is 5.69 Å². The summed E-state index contributed by atoms with van der Waals surface area (Å²) in [5.41, 5.74) is 0.673. The number of allylic oxidation sites excluding steroid dienone is 1. The summed E-state index contributed by atoms with van der Waals surface area (Å²) in [4.78, 5) is 33.4. The molecule has 1 aliphatic heterocycles. The molecule has 0 saturated heterocycles. The van der Waals surface area contributed by atoms with E-state index in [1.54, 1.807) is 13.0 Å². The fourth-order valence-electron chi connectivity index (χ4n) is 1.61. The van der Waals surface area contributed by atoms with E-state index in [1.165, 1.54) is 12.1 Å². The first-order chi connectivity index (χ1) is 8.97. The van der Waals surface area contributed by atoms with Crippen molar-refractivity contribution in [1.29, 1.82) is 0 Å². The lowest BCUT2D eigenvalue weighted by Crippen LogP contribution is -2.34. The van der Waals surface area contributed by atoms with Crippen molar-refractivity contribution in [3.05, 3.63) is 35.9 Å². The summed E-state index contributed by atoms with van der Waals surface area (Å²) in [6.07, 6.45) is 1.14. The van der Waals surface area contributed by atoms with Crippen LogP contribution in [0.2, 0.25) is 0 Å². The number of rotatable bonds is 3. The van der Waals surface area contributed by atoms with Crippen LogP contribution in [0.5, 0.6) is 5.75 Å². The number of aliphatic carboxylic acids is 1. The molecule has 0 aliphatic carbocycles. The summed E-state index contributed by atoms with van der Waals surface area (Å²) in [7, 11) is 0. The van der Waals surface area contributed by atoms with Gasteiger partial charge in [0, 0.05) is 11.6 Å². The summed E-state index contributed by atoms with van der Waals surface area (Å²) in [5.74, 6) is -1.47. The highest BCUT2D eigenvalue weighted by Gasteiger charge is 2.23. The van der Waals surface area contributed by atoms with Gasteiger partial charge in [-0.3, -0.25) is 9.59 Å². The third-order valence-electron chi connectivity index (χ3n) is 2.57. The van der Waals surface area contributed by atoms with Gasteiger partial charge in [-0.25, -0.2) is 4.79 Å². The number of ketones is 1. The molecule has 1 heterocycles. The van der Waals surface area contributed by atoms with Crippen LogP contribution < -0.4 is 10.1 Å². The molecule has 1 amide bonds. The molecule has 1 unspecified atom stereocenters. The molecule has 1 aromatic rings. The van der Waals surface area contributed by atoms with Crippen LogP contribution in [-0.2, 0) is 9.59 Å². The first-order valence-electron chi connectivity index (χ1n) is 5.54.